The van der Waals surface area contributed by atoms with Crippen LogP contribution in [0.1, 0.15) is 11.7 Å². The Balaban J connectivity index is 1.79. The highest BCUT2D eigenvalue weighted by molar-refractivity contribution is 7.98. The molecule has 20 heavy (non-hydrogen) atoms. The molecule has 0 atom stereocenters. The molecule has 0 fully saturated rings. The van der Waals surface area contributed by atoms with Gasteiger partial charge in [0.05, 0.1) is 18.9 Å². The molecule has 0 aliphatic rings. The van der Waals surface area contributed by atoms with Crippen molar-refractivity contribution in [2.75, 3.05) is 20.3 Å². The van der Waals surface area contributed by atoms with Crippen molar-refractivity contribution in [1.82, 2.24) is 15.5 Å². The number of benzene rings is 1. The van der Waals surface area contributed by atoms with Crippen LogP contribution in [0.25, 0.3) is 0 Å². The van der Waals surface area contributed by atoms with Crippen molar-refractivity contribution >= 4 is 11.8 Å². The van der Waals surface area contributed by atoms with E-state index < -0.39 is 0 Å². The summed E-state index contributed by atoms with van der Waals surface area (Å²) < 4.78 is 23.4. The van der Waals surface area contributed by atoms with Crippen LogP contribution in [0.2, 0.25) is 0 Å². The lowest BCUT2D eigenvalue weighted by Gasteiger charge is -1.99. The van der Waals surface area contributed by atoms with Gasteiger partial charge in [-0.1, -0.05) is 17.3 Å². The predicted octanol–water partition coefficient (Wildman–Crippen LogP) is 2.24. The third-order valence-corrected chi connectivity index (χ3v) is 3.51. The second kappa shape index (κ2) is 7.98. The molecule has 5 nitrogen and oxygen atoms in total. The highest BCUT2D eigenvalue weighted by Gasteiger charge is 2.08. The zero-order chi connectivity index (χ0) is 14.2. The molecule has 0 bridgehead atoms. The molecule has 0 amide bonds. The van der Waals surface area contributed by atoms with Crippen LogP contribution < -0.4 is 5.32 Å². The minimum absolute atomic E-state index is 0.234. The van der Waals surface area contributed by atoms with Gasteiger partial charge < -0.3 is 14.6 Å². The van der Waals surface area contributed by atoms with E-state index in [1.54, 1.807) is 25.3 Å². The summed E-state index contributed by atoms with van der Waals surface area (Å²) in [5.74, 6) is 1.32. The Hall–Kier alpha value is -1.44. The first-order chi connectivity index (χ1) is 9.79. The number of hydrogen-bond donors (Lipinski definition) is 1. The molecule has 0 unspecified atom stereocenters. The van der Waals surface area contributed by atoms with Gasteiger partial charge in [-0.3, -0.25) is 0 Å². The fraction of sp³-hybridized carbons (Fsp3) is 0.385. The number of hydrogen-bond acceptors (Lipinski definition) is 6. The number of methoxy groups -OCH3 is 1. The zero-order valence-corrected chi connectivity index (χ0v) is 12.0. The molecule has 0 saturated carbocycles. The maximum absolute atomic E-state index is 13.4. The van der Waals surface area contributed by atoms with E-state index in [0.29, 0.717) is 35.5 Å². The number of nitrogens with zero attached hydrogens (tertiary/aromatic N) is 2. The molecule has 1 aromatic heterocycles. The van der Waals surface area contributed by atoms with E-state index in [1.165, 1.54) is 17.8 Å². The van der Waals surface area contributed by atoms with E-state index >= 15 is 0 Å². The molecule has 0 spiro atoms. The summed E-state index contributed by atoms with van der Waals surface area (Å²) in [7, 11) is 1.65. The molecule has 1 heterocycles. The average Bonchev–Trinajstić information content (AvgIpc) is 2.91. The second-order valence-corrected chi connectivity index (χ2v) is 5.01. The highest BCUT2D eigenvalue weighted by atomic mass is 32.2. The average molecular weight is 297 g/mol. The third-order valence-electron chi connectivity index (χ3n) is 2.46. The molecule has 1 N–H and O–H groups in total. The quantitative estimate of drug-likeness (QED) is 0.595. The number of thioether (sulfide) groups is 1. The maximum Gasteiger partial charge on any atom is 0.240 e. The number of nitrogens with one attached hydrogen (secondary N) is 1. The van der Waals surface area contributed by atoms with Gasteiger partial charge in [0.2, 0.25) is 5.89 Å². The third kappa shape index (κ3) is 4.59. The standard InChI is InChI=1S/C13H16FN3O2S/c1-18-7-6-15-8-13-16-12(17-19-13)9-20-11-5-3-2-4-10(11)14/h2-5,15H,6-9H2,1H3. The topological polar surface area (TPSA) is 60.2 Å². The van der Waals surface area contributed by atoms with Crippen molar-refractivity contribution in [1.29, 1.82) is 0 Å². The molecule has 1 aromatic carbocycles. The van der Waals surface area contributed by atoms with Crippen LogP contribution >= 0.6 is 11.8 Å². The van der Waals surface area contributed by atoms with Gasteiger partial charge in [-0.2, -0.15) is 4.98 Å². The van der Waals surface area contributed by atoms with Crippen LogP contribution in [-0.2, 0) is 17.0 Å². The second-order valence-electron chi connectivity index (χ2n) is 3.99. The lowest BCUT2D eigenvalue weighted by atomic mass is 10.3. The van der Waals surface area contributed by atoms with Crippen molar-refractivity contribution < 1.29 is 13.7 Å². The van der Waals surface area contributed by atoms with E-state index in [9.17, 15) is 4.39 Å². The molecule has 0 aliphatic heterocycles. The number of aromatic nitrogens is 2. The first-order valence-electron chi connectivity index (χ1n) is 6.18. The van der Waals surface area contributed by atoms with Crippen molar-refractivity contribution in [3.8, 4) is 0 Å². The van der Waals surface area contributed by atoms with Gasteiger partial charge in [0.25, 0.3) is 0 Å². The molecule has 108 valence electrons. The Morgan fingerprint density at radius 3 is 3.05 bits per heavy atom. The number of halogens is 1. The first kappa shape index (κ1) is 15.0. The van der Waals surface area contributed by atoms with Gasteiger partial charge in [0.15, 0.2) is 5.82 Å². The Kier molecular flexibility index (Phi) is 5.97. The SMILES string of the molecule is COCCNCc1nc(CSc2ccccc2F)no1. The fourth-order valence-corrected chi connectivity index (χ4v) is 2.28. The van der Waals surface area contributed by atoms with Gasteiger partial charge in [-0.05, 0) is 12.1 Å². The van der Waals surface area contributed by atoms with E-state index in [1.807, 2.05) is 0 Å². The maximum atomic E-state index is 13.4. The lowest BCUT2D eigenvalue weighted by molar-refractivity contribution is 0.197. The van der Waals surface area contributed by atoms with Gasteiger partial charge in [-0.15, -0.1) is 11.8 Å². The van der Waals surface area contributed by atoms with Crippen molar-refractivity contribution in [3.63, 3.8) is 0 Å². The summed E-state index contributed by atoms with van der Waals surface area (Å²) in [6.07, 6.45) is 0. The van der Waals surface area contributed by atoms with Gasteiger partial charge in [-0.25, -0.2) is 4.39 Å². The zero-order valence-electron chi connectivity index (χ0n) is 11.1. The summed E-state index contributed by atoms with van der Waals surface area (Å²) >= 11 is 1.35. The normalized spacial score (nSPS) is 10.9. The monoisotopic (exact) mass is 297 g/mol. The Bertz CT molecular complexity index is 536. The van der Waals surface area contributed by atoms with Crippen molar-refractivity contribution in [3.05, 3.63) is 41.8 Å². The van der Waals surface area contributed by atoms with Crippen LogP contribution in [0.5, 0.6) is 0 Å². The van der Waals surface area contributed by atoms with E-state index in [2.05, 4.69) is 15.5 Å². The predicted molar refractivity (Wildman–Crippen MR) is 73.8 cm³/mol. The lowest BCUT2D eigenvalue weighted by Crippen LogP contribution is -2.18. The minimum atomic E-state index is -0.234. The molecule has 0 aliphatic carbocycles. The van der Waals surface area contributed by atoms with Gasteiger partial charge >= 0.3 is 0 Å². The van der Waals surface area contributed by atoms with Crippen LogP contribution in [0.15, 0.2) is 33.7 Å². The summed E-state index contributed by atoms with van der Waals surface area (Å²) in [5, 5.41) is 6.97. The summed E-state index contributed by atoms with van der Waals surface area (Å²) in [4.78, 5) is 4.81. The summed E-state index contributed by atoms with van der Waals surface area (Å²) in [5.41, 5.74) is 0. The molecule has 2 aromatic rings. The van der Waals surface area contributed by atoms with Gasteiger partial charge in [0, 0.05) is 18.6 Å². The molecule has 0 radical (unpaired) electrons. The summed E-state index contributed by atoms with van der Waals surface area (Å²) in [6, 6.07) is 6.63. The summed E-state index contributed by atoms with van der Waals surface area (Å²) in [6.45, 7) is 1.85. The number of ether oxygens (including phenoxy) is 1. The number of rotatable bonds is 8. The van der Waals surface area contributed by atoms with Gasteiger partial charge in [0.1, 0.15) is 5.82 Å². The molecule has 0 saturated heterocycles. The molecular weight excluding hydrogens is 281 g/mol. The first-order valence-corrected chi connectivity index (χ1v) is 7.16. The van der Waals surface area contributed by atoms with Crippen LogP contribution in [0.4, 0.5) is 4.39 Å². The molecular formula is C13H16FN3O2S. The Morgan fingerprint density at radius 1 is 1.40 bits per heavy atom. The van der Waals surface area contributed by atoms with Crippen molar-refractivity contribution in [2.24, 2.45) is 0 Å². The van der Waals surface area contributed by atoms with Crippen LogP contribution in [0, 0.1) is 5.82 Å². The smallest absolute Gasteiger partial charge is 0.240 e. The fourth-order valence-electron chi connectivity index (χ4n) is 1.49. The van der Waals surface area contributed by atoms with E-state index in [0.717, 1.165) is 6.54 Å². The largest absolute Gasteiger partial charge is 0.383 e. The van der Waals surface area contributed by atoms with Crippen LogP contribution in [-0.4, -0.2) is 30.4 Å². The minimum Gasteiger partial charge on any atom is -0.383 e. The van der Waals surface area contributed by atoms with Crippen molar-refractivity contribution in [2.45, 2.75) is 17.2 Å². The molecule has 7 heteroatoms. The molecule has 2 rings (SSSR count). The Labute approximate surface area is 120 Å². The van der Waals surface area contributed by atoms with E-state index in [-0.39, 0.29) is 5.82 Å². The van der Waals surface area contributed by atoms with E-state index in [4.69, 9.17) is 9.26 Å². The Morgan fingerprint density at radius 2 is 2.25 bits per heavy atom. The van der Waals surface area contributed by atoms with Crippen LogP contribution in [0.3, 0.4) is 0 Å². The highest BCUT2D eigenvalue weighted by Crippen LogP contribution is 2.24.